The fourth-order valence-electron chi connectivity index (χ4n) is 2.83. The summed E-state index contributed by atoms with van der Waals surface area (Å²) in [5.41, 5.74) is -0.468. The highest BCUT2D eigenvalue weighted by Gasteiger charge is 2.35. The second-order valence-corrected chi connectivity index (χ2v) is 7.34. The zero-order valence-electron chi connectivity index (χ0n) is 17.0. The summed E-state index contributed by atoms with van der Waals surface area (Å²) in [6.45, 7) is 2.00. The molecule has 0 unspecified atom stereocenters. The van der Waals surface area contributed by atoms with E-state index < -0.39 is 18.3 Å². The minimum Gasteiger partial charge on any atom is -0.465 e. The second kappa shape index (κ2) is 9.82. The molecule has 1 heterocycles. The predicted octanol–water partition coefficient (Wildman–Crippen LogP) is 6.26. The van der Waals surface area contributed by atoms with Crippen LogP contribution in [0, 0.1) is 12.3 Å². The Morgan fingerprint density at radius 2 is 1.72 bits per heavy atom. The summed E-state index contributed by atoms with van der Waals surface area (Å²) in [4.78, 5) is 16.6. The largest absolute Gasteiger partial charge is 0.465 e. The molecule has 0 fully saturated rings. The fraction of sp³-hybridized carbons (Fsp3) is 0.174. The smallest absolute Gasteiger partial charge is 0.429 e. The molecule has 3 aromatic rings. The Hall–Kier alpha value is -3.39. The number of furan rings is 1. The van der Waals surface area contributed by atoms with Crippen molar-refractivity contribution < 1.29 is 22.4 Å². The van der Waals surface area contributed by atoms with Crippen LogP contribution in [0.2, 0.25) is 5.02 Å². The lowest BCUT2D eigenvalue weighted by atomic mass is 10.0. The van der Waals surface area contributed by atoms with Gasteiger partial charge in [0, 0.05) is 12.0 Å². The topological polar surface area (TPSA) is 78.5 Å². The number of rotatable bonds is 7. The quantitative estimate of drug-likeness (QED) is 0.407. The number of nitrogens with one attached hydrogen (secondary N) is 2. The van der Waals surface area contributed by atoms with Crippen LogP contribution in [0.4, 0.5) is 18.9 Å². The Morgan fingerprint density at radius 3 is 2.31 bits per heavy atom. The zero-order valence-corrected chi connectivity index (χ0v) is 17.7. The number of hydrogen-bond donors (Lipinski definition) is 2. The van der Waals surface area contributed by atoms with E-state index in [1.165, 1.54) is 24.3 Å². The highest BCUT2D eigenvalue weighted by Crippen LogP contribution is 2.27. The minimum absolute atomic E-state index is 0.0124. The molecule has 0 saturated carbocycles. The van der Waals surface area contributed by atoms with E-state index in [0.717, 1.165) is 5.76 Å². The standard InChI is InChI=1S/C23H19ClF3N3O2/c1-14-6-11-17(32-14)13-29-22(31)16-9-7-15(8-10-16)20(12-21(28)23(25,26)27)30-19-5-3-2-4-18(19)24/h2-11,28H,12-13H2,1H3,(H,29,31). The molecule has 3 rings (SSSR count). The van der Waals surface area contributed by atoms with Crippen LogP contribution in [-0.4, -0.2) is 23.5 Å². The van der Waals surface area contributed by atoms with Gasteiger partial charge in [-0.1, -0.05) is 35.9 Å². The van der Waals surface area contributed by atoms with Crippen molar-refractivity contribution in [3.05, 3.63) is 88.3 Å². The van der Waals surface area contributed by atoms with E-state index in [-0.39, 0.29) is 28.9 Å². The molecule has 0 spiro atoms. The molecule has 0 aliphatic rings. The summed E-state index contributed by atoms with van der Waals surface area (Å²) in [5.74, 6) is 0.971. The highest BCUT2D eigenvalue weighted by atomic mass is 35.5. The summed E-state index contributed by atoms with van der Waals surface area (Å²) in [5, 5.41) is 10.4. The molecule has 0 aliphatic heterocycles. The predicted molar refractivity (Wildman–Crippen MR) is 117 cm³/mol. The van der Waals surface area contributed by atoms with Crippen LogP contribution >= 0.6 is 11.6 Å². The van der Waals surface area contributed by atoms with Crippen molar-refractivity contribution in [2.45, 2.75) is 26.1 Å². The molecule has 2 aromatic carbocycles. The molecule has 2 N–H and O–H groups in total. The van der Waals surface area contributed by atoms with E-state index >= 15 is 0 Å². The zero-order chi connectivity index (χ0) is 23.3. The van der Waals surface area contributed by atoms with Gasteiger partial charge in [-0.05, 0) is 48.9 Å². The van der Waals surface area contributed by atoms with Crippen LogP contribution in [0.3, 0.4) is 0 Å². The molecule has 166 valence electrons. The van der Waals surface area contributed by atoms with Gasteiger partial charge in [-0.2, -0.15) is 13.2 Å². The molecular formula is C23H19ClF3N3O2. The normalized spacial score (nSPS) is 12.0. The van der Waals surface area contributed by atoms with Gasteiger partial charge in [0.2, 0.25) is 0 Å². The molecule has 0 radical (unpaired) electrons. The van der Waals surface area contributed by atoms with E-state index in [4.69, 9.17) is 21.4 Å². The molecule has 1 amide bonds. The van der Waals surface area contributed by atoms with E-state index in [9.17, 15) is 18.0 Å². The maximum Gasteiger partial charge on any atom is 0.429 e. The van der Waals surface area contributed by atoms with E-state index in [1.807, 2.05) is 0 Å². The van der Waals surface area contributed by atoms with Gasteiger partial charge in [0.15, 0.2) is 0 Å². The van der Waals surface area contributed by atoms with Crippen LogP contribution < -0.4 is 5.32 Å². The number of nitrogens with zero attached hydrogens (tertiary/aromatic N) is 1. The number of aryl methyl sites for hydroxylation is 1. The lowest BCUT2D eigenvalue weighted by molar-refractivity contribution is -0.0605. The number of carbonyl (C=O) groups excluding carboxylic acids is 1. The van der Waals surface area contributed by atoms with Gasteiger partial charge in [-0.3, -0.25) is 9.79 Å². The Kier molecular flexibility index (Phi) is 7.15. The molecule has 5 nitrogen and oxygen atoms in total. The molecule has 0 atom stereocenters. The first kappa shape index (κ1) is 23.3. The first-order valence-electron chi connectivity index (χ1n) is 9.54. The minimum atomic E-state index is -4.77. The SMILES string of the molecule is Cc1ccc(CNC(=O)c2ccc(C(CC(=N)C(F)(F)F)=Nc3ccccc3Cl)cc2)o1. The molecule has 9 heteroatoms. The van der Waals surface area contributed by atoms with E-state index in [1.54, 1.807) is 43.3 Å². The van der Waals surface area contributed by atoms with Crippen molar-refractivity contribution in [1.29, 1.82) is 5.41 Å². The van der Waals surface area contributed by atoms with E-state index in [0.29, 0.717) is 16.9 Å². The average Bonchev–Trinajstić information content (AvgIpc) is 3.17. The van der Waals surface area contributed by atoms with Crippen molar-refractivity contribution >= 4 is 34.6 Å². The number of alkyl halides is 3. The van der Waals surface area contributed by atoms with Crippen molar-refractivity contribution in [3.8, 4) is 0 Å². The van der Waals surface area contributed by atoms with Crippen LogP contribution in [0.5, 0.6) is 0 Å². The number of halogens is 4. The monoisotopic (exact) mass is 461 g/mol. The Labute approximate surface area is 187 Å². The van der Waals surface area contributed by atoms with Crippen LogP contribution in [-0.2, 0) is 6.54 Å². The number of carbonyl (C=O) groups is 1. The molecule has 0 saturated heterocycles. The first-order chi connectivity index (χ1) is 15.1. The van der Waals surface area contributed by atoms with Crippen molar-refractivity contribution in [2.75, 3.05) is 0 Å². The molecule has 0 aliphatic carbocycles. The average molecular weight is 462 g/mol. The molecule has 0 bridgehead atoms. The maximum absolute atomic E-state index is 13.0. The van der Waals surface area contributed by atoms with Gasteiger partial charge in [-0.25, -0.2) is 0 Å². The first-order valence-corrected chi connectivity index (χ1v) is 9.92. The summed E-state index contributed by atoms with van der Waals surface area (Å²) in [7, 11) is 0. The van der Waals surface area contributed by atoms with E-state index in [2.05, 4.69) is 10.3 Å². The third-order valence-electron chi connectivity index (χ3n) is 4.49. The van der Waals surface area contributed by atoms with Gasteiger partial charge >= 0.3 is 6.18 Å². The number of amides is 1. The summed E-state index contributed by atoms with van der Waals surface area (Å²) in [6, 6.07) is 16.0. The third kappa shape index (κ3) is 6.07. The Bertz CT molecular complexity index is 1150. The van der Waals surface area contributed by atoms with Crippen LogP contribution in [0.15, 0.2) is 70.1 Å². The Morgan fingerprint density at radius 1 is 1.06 bits per heavy atom. The summed E-state index contributed by atoms with van der Waals surface area (Å²) in [6.07, 6.45) is -5.51. The molecule has 32 heavy (non-hydrogen) atoms. The number of benzene rings is 2. The number of hydrogen-bond acceptors (Lipinski definition) is 4. The lowest BCUT2D eigenvalue weighted by Crippen LogP contribution is -2.25. The third-order valence-corrected chi connectivity index (χ3v) is 4.81. The van der Waals surface area contributed by atoms with Crippen LogP contribution in [0.25, 0.3) is 0 Å². The lowest BCUT2D eigenvalue weighted by Gasteiger charge is -2.12. The summed E-state index contributed by atoms with van der Waals surface area (Å²) >= 11 is 6.09. The van der Waals surface area contributed by atoms with Gasteiger partial charge in [0.05, 0.1) is 23.0 Å². The Balaban J connectivity index is 1.82. The number of para-hydroxylation sites is 1. The van der Waals surface area contributed by atoms with Crippen molar-refractivity contribution in [3.63, 3.8) is 0 Å². The summed E-state index contributed by atoms with van der Waals surface area (Å²) < 4.78 is 44.3. The highest BCUT2D eigenvalue weighted by molar-refractivity contribution is 6.33. The fourth-order valence-corrected chi connectivity index (χ4v) is 3.00. The maximum atomic E-state index is 13.0. The molecular weight excluding hydrogens is 443 g/mol. The van der Waals surface area contributed by atoms with Gasteiger partial charge in [-0.15, -0.1) is 0 Å². The van der Waals surface area contributed by atoms with Crippen LogP contribution in [0.1, 0.15) is 33.9 Å². The van der Waals surface area contributed by atoms with Gasteiger partial charge < -0.3 is 15.1 Å². The molecule has 1 aromatic heterocycles. The van der Waals surface area contributed by atoms with Gasteiger partial charge in [0.25, 0.3) is 5.91 Å². The van der Waals surface area contributed by atoms with Crippen molar-refractivity contribution in [1.82, 2.24) is 5.32 Å². The number of aliphatic imine (C=N–C) groups is 1. The van der Waals surface area contributed by atoms with Gasteiger partial charge in [0.1, 0.15) is 17.2 Å². The second-order valence-electron chi connectivity index (χ2n) is 6.94. The van der Waals surface area contributed by atoms with Crippen molar-refractivity contribution in [2.24, 2.45) is 4.99 Å².